The number of benzene rings is 1. The summed E-state index contributed by atoms with van der Waals surface area (Å²) in [4.78, 5) is 13.8. The molecular formula is C17H26N2O5S. The van der Waals surface area contributed by atoms with E-state index in [1.807, 2.05) is 13.8 Å². The van der Waals surface area contributed by atoms with E-state index in [0.29, 0.717) is 31.0 Å². The average molecular weight is 370 g/mol. The topological polar surface area (TPSA) is 76.2 Å². The Balaban J connectivity index is 2.24. The molecule has 0 aliphatic carbocycles. The Labute approximate surface area is 149 Å². The molecule has 7 nitrogen and oxygen atoms in total. The van der Waals surface area contributed by atoms with Crippen LogP contribution in [0.3, 0.4) is 0 Å². The number of aryl methyl sites for hydroxylation is 1. The lowest BCUT2D eigenvalue weighted by Gasteiger charge is -2.34. The molecule has 1 aromatic rings. The summed E-state index contributed by atoms with van der Waals surface area (Å²) < 4.78 is 38.0. The molecule has 0 bridgehead atoms. The molecule has 1 amide bonds. The zero-order valence-corrected chi connectivity index (χ0v) is 16.1. The maximum Gasteiger partial charge on any atom is 0.247 e. The summed E-state index contributed by atoms with van der Waals surface area (Å²) >= 11 is 0. The fourth-order valence-electron chi connectivity index (χ4n) is 2.91. The monoisotopic (exact) mass is 370 g/mol. The summed E-state index contributed by atoms with van der Waals surface area (Å²) in [6, 6.07) is 3.16. The van der Waals surface area contributed by atoms with E-state index in [-0.39, 0.29) is 23.9 Å². The van der Waals surface area contributed by atoms with Crippen LogP contribution in [0.2, 0.25) is 0 Å². The Bertz CT molecular complexity index is 725. The van der Waals surface area contributed by atoms with Crippen molar-refractivity contribution < 1.29 is 22.7 Å². The Morgan fingerprint density at radius 2 is 1.68 bits per heavy atom. The van der Waals surface area contributed by atoms with Crippen LogP contribution in [-0.2, 0) is 14.8 Å². The molecule has 1 heterocycles. The van der Waals surface area contributed by atoms with E-state index >= 15 is 0 Å². The number of amides is 1. The highest BCUT2D eigenvalue weighted by Gasteiger charge is 2.32. The van der Waals surface area contributed by atoms with E-state index in [1.54, 1.807) is 11.0 Å². The molecule has 1 aromatic carbocycles. The quantitative estimate of drug-likeness (QED) is 0.761. The van der Waals surface area contributed by atoms with E-state index in [2.05, 4.69) is 0 Å². The van der Waals surface area contributed by atoms with Crippen molar-refractivity contribution >= 4 is 15.9 Å². The van der Waals surface area contributed by atoms with Gasteiger partial charge in [0.15, 0.2) is 0 Å². The number of ether oxygens (including phenoxy) is 2. The van der Waals surface area contributed by atoms with Crippen molar-refractivity contribution in [3.63, 3.8) is 0 Å². The molecule has 1 aliphatic heterocycles. The number of methoxy groups -OCH3 is 2. The first-order valence-electron chi connectivity index (χ1n) is 8.35. The standard InChI is InChI=1S/C17H26N2O5S/c1-5-6-17(20)18-7-9-19(10-8-18)25(21,22)16-12-14(23-3)13(2)11-15(16)24-4/h11-12H,5-10H2,1-4H3. The first-order chi connectivity index (χ1) is 11.8. The van der Waals surface area contributed by atoms with Crippen LogP contribution in [0.15, 0.2) is 17.0 Å². The second-order valence-corrected chi connectivity index (χ2v) is 7.91. The van der Waals surface area contributed by atoms with Crippen LogP contribution < -0.4 is 9.47 Å². The second-order valence-electron chi connectivity index (χ2n) is 6.01. The highest BCUT2D eigenvalue weighted by Crippen LogP contribution is 2.33. The van der Waals surface area contributed by atoms with Gasteiger partial charge in [0.2, 0.25) is 15.9 Å². The third kappa shape index (κ3) is 4.07. The van der Waals surface area contributed by atoms with Crippen molar-refractivity contribution in [3.05, 3.63) is 17.7 Å². The van der Waals surface area contributed by atoms with Crippen LogP contribution in [0.25, 0.3) is 0 Å². The minimum Gasteiger partial charge on any atom is -0.496 e. The molecule has 0 spiro atoms. The Hall–Kier alpha value is -1.80. The van der Waals surface area contributed by atoms with Gasteiger partial charge in [-0.3, -0.25) is 4.79 Å². The zero-order valence-electron chi connectivity index (χ0n) is 15.2. The van der Waals surface area contributed by atoms with E-state index in [0.717, 1.165) is 12.0 Å². The number of carbonyl (C=O) groups is 1. The number of nitrogens with zero attached hydrogens (tertiary/aromatic N) is 2. The third-order valence-corrected chi connectivity index (χ3v) is 6.27. The molecule has 0 unspecified atom stereocenters. The molecule has 0 aromatic heterocycles. The molecule has 1 fully saturated rings. The number of hydrogen-bond donors (Lipinski definition) is 0. The summed E-state index contributed by atoms with van der Waals surface area (Å²) in [5.74, 6) is 0.869. The Morgan fingerprint density at radius 1 is 1.08 bits per heavy atom. The summed E-state index contributed by atoms with van der Waals surface area (Å²) in [5.41, 5.74) is 0.799. The molecule has 1 aliphatic rings. The lowest BCUT2D eigenvalue weighted by Crippen LogP contribution is -2.50. The Kier molecular flexibility index (Phi) is 6.29. The van der Waals surface area contributed by atoms with Crippen molar-refractivity contribution in [1.82, 2.24) is 9.21 Å². The van der Waals surface area contributed by atoms with Crippen molar-refractivity contribution in [2.75, 3.05) is 40.4 Å². The highest BCUT2D eigenvalue weighted by atomic mass is 32.2. The van der Waals surface area contributed by atoms with Crippen molar-refractivity contribution in [2.24, 2.45) is 0 Å². The van der Waals surface area contributed by atoms with E-state index in [1.165, 1.54) is 24.6 Å². The minimum atomic E-state index is -3.73. The highest BCUT2D eigenvalue weighted by molar-refractivity contribution is 7.89. The molecule has 8 heteroatoms. The van der Waals surface area contributed by atoms with Crippen LogP contribution >= 0.6 is 0 Å². The second kappa shape index (κ2) is 8.05. The predicted octanol–water partition coefficient (Wildman–Crippen LogP) is 1.65. The molecule has 25 heavy (non-hydrogen) atoms. The van der Waals surface area contributed by atoms with Gasteiger partial charge in [-0.15, -0.1) is 0 Å². The summed E-state index contributed by atoms with van der Waals surface area (Å²) in [6.45, 7) is 5.15. The smallest absolute Gasteiger partial charge is 0.247 e. The van der Waals surface area contributed by atoms with E-state index < -0.39 is 10.0 Å². The van der Waals surface area contributed by atoms with Gasteiger partial charge in [0, 0.05) is 38.7 Å². The molecule has 140 valence electrons. The molecule has 0 saturated carbocycles. The summed E-state index contributed by atoms with van der Waals surface area (Å²) in [7, 11) is -0.776. The largest absolute Gasteiger partial charge is 0.496 e. The Morgan fingerprint density at radius 3 is 2.20 bits per heavy atom. The molecule has 2 rings (SSSR count). The summed E-state index contributed by atoms with van der Waals surface area (Å²) in [6.07, 6.45) is 1.29. The van der Waals surface area contributed by atoms with Crippen LogP contribution in [0.1, 0.15) is 25.3 Å². The number of sulfonamides is 1. The number of piperazine rings is 1. The van der Waals surface area contributed by atoms with Gasteiger partial charge in [-0.1, -0.05) is 6.92 Å². The zero-order chi connectivity index (χ0) is 18.6. The lowest BCUT2D eigenvalue weighted by molar-refractivity contribution is -0.132. The van der Waals surface area contributed by atoms with Crippen molar-refractivity contribution in [2.45, 2.75) is 31.6 Å². The third-order valence-electron chi connectivity index (χ3n) is 4.35. The van der Waals surface area contributed by atoms with Gasteiger partial charge in [0.1, 0.15) is 16.4 Å². The van der Waals surface area contributed by atoms with E-state index in [4.69, 9.17) is 9.47 Å². The van der Waals surface area contributed by atoms with Gasteiger partial charge in [0.05, 0.1) is 14.2 Å². The van der Waals surface area contributed by atoms with Crippen LogP contribution in [0, 0.1) is 6.92 Å². The fourth-order valence-corrected chi connectivity index (χ4v) is 4.49. The average Bonchev–Trinajstić information content (AvgIpc) is 2.61. The molecular weight excluding hydrogens is 344 g/mol. The summed E-state index contributed by atoms with van der Waals surface area (Å²) in [5, 5.41) is 0. The first-order valence-corrected chi connectivity index (χ1v) is 9.79. The fraction of sp³-hybridized carbons (Fsp3) is 0.588. The molecule has 0 radical (unpaired) electrons. The van der Waals surface area contributed by atoms with Gasteiger partial charge >= 0.3 is 0 Å². The van der Waals surface area contributed by atoms with Gasteiger partial charge in [0.25, 0.3) is 0 Å². The predicted molar refractivity (Wildman–Crippen MR) is 94.5 cm³/mol. The SMILES string of the molecule is CCCC(=O)N1CCN(S(=O)(=O)c2cc(OC)c(C)cc2OC)CC1. The normalized spacial score (nSPS) is 15.9. The van der Waals surface area contributed by atoms with Gasteiger partial charge in [-0.2, -0.15) is 4.31 Å². The van der Waals surface area contributed by atoms with Crippen molar-refractivity contribution in [3.8, 4) is 11.5 Å². The lowest BCUT2D eigenvalue weighted by atomic mass is 10.2. The molecule has 1 saturated heterocycles. The first kappa shape index (κ1) is 19.5. The van der Waals surface area contributed by atoms with Crippen LogP contribution in [-0.4, -0.2) is 63.9 Å². The number of rotatable bonds is 6. The molecule has 0 N–H and O–H groups in total. The van der Waals surface area contributed by atoms with E-state index in [9.17, 15) is 13.2 Å². The minimum absolute atomic E-state index is 0.0779. The van der Waals surface area contributed by atoms with Gasteiger partial charge < -0.3 is 14.4 Å². The van der Waals surface area contributed by atoms with Gasteiger partial charge in [-0.25, -0.2) is 8.42 Å². The maximum atomic E-state index is 13.0. The number of carbonyl (C=O) groups excluding carboxylic acids is 1. The molecule has 0 atom stereocenters. The van der Waals surface area contributed by atoms with Crippen LogP contribution in [0.4, 0.5) is 0 Å². The van der Waals surface area contributed by atoms with Crippen molar-refractivity contribution in [1.29, 1.82) is 0 Å². The van der Waals surface area contributed by atoms with Gasteiger partial charge in [-0.05, 0) is 25.0 Å². The maximum absolute atomic E-state index is 13.0. The number of hydrogen-bond acceptors (Lipinski definition) is 5. The van der Waals surface area contributed by atoms with Crippen LogP contribution in [0.5, 0.6) is 11.5 Å².